The zero-order valence-corrected chi connectivity index (χ0v) is 13.5. The molecule has 1 aromatic carbocycles. The minimum Gasteiger partial charge on any atom is -0.493 e. The molecule has 0 saturated carbocycles. The number of rotatable bonds is 6. The molecule has 2 rings (SSSR count). The van der Waals surface area contributed by atoms with Crippen molar-refractivity contribution in [2.24, 2.45) is 5.73 Å². The zero-order chi connectivity index (χ0) is 14.9. The van der Waals surface area contributed by atoms with E-state index in [0.29, 0.717) is 13.2 Å². The van der Waals surface area contributed by atoms with Crippen molar-refractivity contribution in [3.05, 3.63) is 35.7 Å². The standard InChI is InChI=1S/C15H17N3OS2/c1-2-14-17-15(21-18-14)20-11-10-19-13-7-5-12(6-8-13)4-3-9-16/h5-8H,2,9-11,16H2,1H3. The van der Waals surface area contributed by atoms with E-state index >= 15 is 0 Å². The Labute approximate surface area is 133 Å². The highest BCUT2D eigenvalue weighted by Crippen LogP contribution is 2.20. The highest BCUT2D eigenvalue weighted by molar-refractivity contribution is 8.00. The maximum Gasteiger partial charge on any atom is 0.170 e. The van der Waals surface area contributed by atoms with Crippen LogP contribution in [0.3, 0.4) is 0 Å². The van der Waals surface area contributed by atoms with Gasteiger partial charge in [0.15, 0.2) is 4.34 Å². The van der Waals surface area contributed by atoms with Crippen LogP contribution in [0.5, 0.6) is 5.75 Å². The summed E-state index contributed by atoms with van der Waals surface area (Å²) >= 11 is 3.12. The fourth-order valence-corrected chi connectivity index (χ4v) is 3.10. The SMILES string of the molecule is CCc1nsc(SCCOc2ccc(C#CCN)cc2)n1. The van der Waals surface area contributed by atoms with Gasteiger partial charge in [-0.05, 0) is 35.8 Å². The molecule has 0 bridgehead atoms. The van der Waals surface area contributed by atoms with Gasteiger partial charge in [0.25, 0.3) is 0 Å². The van der Waals surface area contributed by atoms with E-state index in [0.717, 1.165) is 33.7 Å². The van der Waals surface area contributed by atoms with E-state index < -0.39 is 0 Å². The first-order valence-corrected chi connectivity index (χ1v) is 8.45. The summed E-state index contributed by atoms with van der Waals surface area (Å²) in [6.07, 6.45) is 0.882. The van der Waals surface area contributed by atoms with Gasteiger partial charge >= 0.3 is 0 Å². The Balaban J connectivity index is 1.73. The number of benzene rings is 1. The summed E-state index contributed by atoms with van der Waals surface area (Å²) in [5, 5.41) is 0. The van der Waals surface area contributed by atoms with Gasteiger partial charge in [-0.2, -0.15) is 4.37 Å². The summed E-state index contributed by atoms with van der Waals surface area (Å²) in [5.41, 5.74) is 6.28. The normalized spacial score (nSPS) is 10.0. The van der Waals surface area contributed by atoms with Crippen molar-refractivity contribution < 1.29 is 4.74 Å². The summed E-state index contributed by atoms with van der Waals surface area (Å²) in [4.78, 5) is 4.40. The second-order valence-electron chi connectivity index (χ2n) is 4.06. The van der Waals surface area contributed by atoms with E-state index in [9.17, 15) is 0 Å². The van der Waals surface area contributed by atoms with Gasteiger partial charge in [0.05, 0.1) is 13.2 Å². The molecule has 0 fully saturated rings. The van der Waals surface area contributed by atoms with E-state index in [1.807, 2.05) is 24.3 Å². The third-order valence-electron chi connectivity index (χ3n) is 2.53. The van der Waals surface area contributed by atoms with E-state index in [1.165, 1.54) is 11.5 Å². The lowest BCUT2D eigenvalue weighted by atomic mass is 10.2. The topological polar surface area (TPSA) is 61.0 Å². The first kappa shape index (κ1) is 15.8. The smallest absolute Gasteiger partial charge is 0.170 e. The molecular formula is C15H17N3OS2. The van der Waals surface area contributed by atoms with Crippen LogP contribution in [-0.4, -0.2) is 28.3 Å². The molecule has 0 radical (unpaired) electrons. The molecule has 1 aromatic heterocycles. The molecule has 0 spiro atoms. The van der Waals surface area contributed by atoms with Crippen molar-refractivity contribution >= 4 is 23.3 Å². The largest absolute Gasteiger partial charge is 0.493 e. The van der Waals surface area contributed by atoms with Crippen molar-refractivity contribution in [2.75, 3.05) is 18.9 Å². The van der Waals surface area contributed by atoms with Crippen LogP contribution in [-0.2, 0) is 6.42 Å². The molecule has 110 valence electrons. The van der Waals surface area contributed by atoms with E-state index in [4.69, 9.17) is 10.5 Å². The first-order chi connectivity index (χ1) is 10.3. The summed E-state index contributed by atoms with van der Waals surface area (Å²) in [6, 6.07) is 7.71. The number of aryl methyl sites for hydroxylation is 1. The second kappa shape index (κ2) is 8.67. The molecule has 2 aromatic rings. The molecule has 1 heterocycles. The molecule has 2 N–H and O–H groups in total. The molecule has 0 atom stereocenters. The van der Waals surface area contributed by atoms with Gasteiger partial charge in [-0.1, -0.05) is 30.5 Å². The lowest BCUT2D eigenvalue weighted by Crippen LogP contribution is -2.00. The zero-order valence-electron chi connectivity index (χ0n) is 11.8. The van der Waals surface area contributed by atoms with Gasteiger partial charge in [-0.25, -0.2) is 4.98 Å². The van der Waals surface area contributed by atoms with Crippen LogP contribution in [0.2, 0.25) is 0 Å². The Bertz CT molecular complexity index is 614. The number of nitrogens with zero attached hydrogens (tertiary/aromatic N) is 2. The third kappa shape index (κ3) is 5.38. The lowest BCUT2D eigenvalue weighted by Gasteiger charge is -2.04. The van der Waals surface area contributed by atoms with Crippen LogP contribution in [0.25, 0.3) is 0 Å². The lowest BCUT2D eigenvalue weighted by molar-refractivity contribution is 0.344. The molecule has 0 aliphatic heterocycles. The van der Waals surface area contributed by atoms with Gasteiger partial charge in [-0.3, -0.25) is 0 Å². The van der Waals surface area contributed by atoms with Gasteiger partial charge in [0, 0.05) is 17.7 Å². The van der Waals surface area contributed by atoms with Crippen LogP contribution < -0.4 is 10.5 Å². The Hall–Kier alpha value is -1.55. The average Bonchev–Trinajstić information content (AvgIpc) is 2.99. The number of aromatic nitrogens is 2. The van der Waals surface area contributed by atoms with Crippen molar-refractivity contribution in [2.45, 2.75) is 17.7 Å². The summed E-state index contributed by atoms with van der Waals surface area (Å²) in [5.74, 6) is 8.42. The van der Waals surface area contributed by atoms with Crippen molar-refractivity contribution in [1.29, 1.82) is 0 Å². The molecule has 0 saturated heterocycles. The fraction of sp³-hybridized carbons (Fsp3) is 0.333. The third-order valence-corrected chi connectivity index (χ3v) is 4.37. The predicted octanol–water partition coefficient (Wildman–Crippen LogP) is 2.58. The van der Waals surface area contributed by atoms with Crippen LogP contribution >= 0.6 is 23.3 Å². The van der Waals surface area contributed by atoms with Crippen molar-refractivity contribution in [3.8, 4) is 17.6 Å². The first-order valence-electron chi connectivity index (χ1n) is 6.69. The van der Waals surface area contributed by atoms with Crippen molar-refractivity contribution in [3.63, 3.8) is 0 Å². The van der Waals surface area contributed by atoms with Gasteiger partial charge in [0.1, 0.15) is 11.6 Å². The molecule has 0 unspecified atom stereocenters. The number of hydrogen-bond acceptors (Lipinski definition) is 6. The quantitative estimate of drug-likeness (QED) is 0.504. The van der Waals surface area contributed by atoms with Gasteiger partial charge < -0.3 is 10.5 Å². The van der Waals surface area contributed by atoms with Crippen LogP contribution in [0, 0.1) is 11.8 Å². The van der Waals surface area contributed by atoms with Crippen LogP contribution in [0.4, 0.5) is 0 Å². The average molecular weight is 319 g/mol. The van der Waals surface area contributed by atoms with E-state index in [-0.39, 0.29) is 0 Å². The second-order valence-corrected chi connectivity index (χ2v) is 6.15. The maximum atomic E-state index is 5.68. The highest BCUT2D eigenvalue weighted by Gasteiger charge is 2.02. The Kier molecular flexibility index (Phi) is 6.54. The summed E-state index contributed by atoms with van der Waals surface area (Å²) in [6.45, 7) is 3.07. The number of thioether (sulfide) groups is 1. The number of hydrogen-bond donors (Lipinski definition) is 1. The van der Waals surface area contributed by atoms with Gasteiger partial charge in [-0.15, -0.1) is 0 Å². The minimum atomic E-state index is 0.376. The summed E-state index contributed by atoms with van der Waals surface area (Å²) < 4.78 is 10.9. The summed E-state index contributed by atoms with van der Waals surface area (Å²) in [7, 11) is 0. The molecule has 0 aliphatic carbocycles. The van der Waals surface area contributed by atoms with E-state index in [1.54, 1.807) is 11.8 Å². The number of ether oxygens (including phenoxy) is 1. The Morgan fingerprint density at radius 2 is 2.14 bits per heavy atom. The fourth-order valence-electron chi connectivity index (χ4n) is 1.52. The number of nitrogens with two attached hydrogens (primary N) is 1. The van der Waals surface area contributed by atoms with E-state index in [2.05, 4.69) is 28.1 Å². The van der Waals surface area contributed by atoms with Crippen LogP contribution in [0.1, 0.15) is 18.3 Å². The predicted molar refractivity (Wildman–Crippen MR) is 87.9 cm³/mol. The maximum absolute atomic E-state index is 5.68. The van der Waals surface area contributed by atoms with Gasteiger partial charge in [0.2, 0.25) is 0 Å². The molecule has 0 aliphatic rings. The molecule has 4 nitrogen and oxygen atoms in total. The monoisotopic (exact) mass is 319 g/mol. The highest BCUT2D eigenvalue weighted by atomic mass is 32.2. The van der Waals surface area contributed by atoms with Crippen molar-refractivity contribution in [1.82, 2.24) is 9.36 Å². The Morgan fingerprint density at radius 1 is 1.33 bits per heavy atom. The molecule has 6 heteroatoms. The molecular weight excluding hydrogens is 302 g/mol. The molecule has 0 amide bonds. The Morgan fingerprint density at radius 3 is 2.81 bits per heavy atom. The molecule has 21 heavy (non-hydrogen) atoms. The van der Waals surface area contributed by atoms with Crippen LogP contribution in [0.15, 0.2) is 28.6 Å². The minimum absolute atomic E-state index is 0.376.